The van der Waals surface area contributed by atoms with Crippen molar-refractivity contribution < 1.29 is 23.8 Å². The molecule has 1 aromatic carbocycles. The second kappa shape index (κ2) is 11.8. The van der Waals surface area contributed by atoms with Gasteiger partial charge in [0.15, 0.2) is 0 Å². The van der Waals surface area contributed by atoms with Crippen LogP contribution in [0.3, 0.4) is 0 Å². The Kier molecular flexibility index (Phi) is 9.43. The number of likely N-dealkylation sites (tertiary alicyclic amines) is 1. The van der Waals surface area contributed by atoms with Gasteiger partial charge in [-0.25, -0.2) is 9.59 Å². The molecule has 1 aromatic rings. The molecule has 0 bridgehead atoms. The van der Waals surface area contributed by atoms with E-state index in [4.69, 9.17) is 14.2 Å². The van der Waals surface area contributed by atoms with Gasteiger partial charge in [-0.3, -0.25) is 0 Å². The fourth-order valence-electron chi connectivity index (χ4n) is 3.37. The van der Waals surface area contributed by atoms with Gasteiger partial charge in [-0.2, -0.15) is 0 Å². The third kappa shape index (κ3) is 9.03. The van der Waals surface area contributed by atoms with E-state index in [1.807, 2.05) is 24.3 Å². The van der Waals surface area contributed by atoms with Crippen LogP contribution in [0.25, 0.3) is 0 Å². The fraction of sp³-hybridized carbons (Fsp3) is 0.652. The molecule has 7 nitrogen and oxygen atoms in total. The minimum absolute atomic E-state index is 0.142. The number of esters is 1. The normalized spacial score (nSPS) is 15.5. The van der Waals surface area contributed by atoms with Crippen LogP contribution in [-0.4, -0.2) is 55.3 Å². The van der Waals surface area contributed by atoms with Gasteiger partial charge < -0.3 is 24.4 Å². The van der Waals surface area contributed by atoms with Crippen LogP contribution in [0, 0.1) is 0 Å². The summed E-state index contributed by atoms with van der Waals surface area (Å²) in [6, 6.07) is 6.60. The first-order chi connectivity index (χ1) is 14.3. The zero-order valence-corrected chi connectivity index (χ0v) is 18.7. The third-order valence-electron chi connectivity index (χ3n) is 4.93. The first-order valence-electron chi connectivity index (χ1n) is 10.8. The van der Waals surface area contributed by atoms with E-state index in [0.717, 1.165) is 43.8 Å². The van der Waals surface area contributed by atoms with E-state index in [1.165, 1.54) is 12.8 Å². The number of unbranched alkanes of at least 4 members (excludes halogenated alkanes) is 1. The average Bonchev–Trinajstić information content (AvgIpc) is 3.21. The lowest BCUT2D eigenvalue weighted by Gasteiger charge is -2.23. The van der Waals surface area contributed by atoms with Crippen molar-refractivity contribution in [2.24, 2.45) is 0 Å². The van der Waals surface area contributed by atoms with Crippen molar-refractivity contribution in [2.75, 3.05) is 26.7 Å². The molecule has 2 rings (SSSR count). The van der Waals surface area contributed by atoms with Crippen LogP contribution in [0.1, 0.15) is 58.4 Å². The Morgan fingerprint density at radius 3 is 2.37 bits per heavy atom. The number of carbonyl (C=O) groups excluding carboxylic acids is 2. The Balaban J connectivity index is 1.86. The lowest BCUT2D eigenvalue weighted by atomic mass is 10.1. The van der Waals surface area contributed by atoms with Gasteiger partial charge in [0.1, 0.15) is 24.0 Å². The van der Waals surface area contributed by atoms with Gasteiger partial charge >= 0.3 is 12.1 Å². The maximum Gasteiger partial charge on any atom is 0.408 e. The minimum atomic E-state index is -0.725. The number of amides is 1. The first-order valence-corrected chi connectivity index (χ1v) is 10.8. The highest BCUT2D eigenvalue weighted by Gasteiger charge is 2.25. The van der Waals surface area contributed by atoms with Crippen LogP contribution < -0.4 is 10.1 Å². The van der Waals surface area contributed by atoms with Gasteiger partial charge in [0.05, 0.1) is 7.11 Å². The van der Waals surface area contributed by atoms with E-state index in [2.05, 4.69) is 10.2 Å². The molecule has 1 N–H and O–H groups in total. The topological polar surface area (TPSA) is 77.1 Å². The average molecular weight is 421 g/mol. The van der Waals surface area contributed by atoms with E-state index in [9.17, 15) is 9.59 Å². The Bertz CT molecular complexity index is 663. The number of carbonyl (C=O) groups is 2. The van der Waals surface area contributed by atoms with Crippen LogP contribution in [0.4, 0.5) is 4.79 Å². The number of alkyl carbamates (subject to hydrolysis) is 1. The van der Waals surface area contributed by atoms with E-state index < -0.39 is 23.7 Å². The Morgan fingerprint density at radius 1 is 1.10 bits per heavy atom. The number of nitrogens with one attached hydrogen (secondary N) is 1. The maximum atomic E-state index is 12.7. The van der Waals surface area contributed by atoms with Gasteiger partial charge in [0.25, 0.3) is 0 Å². The van der Waals surface area contributed by atoms with Crippen LogP contribution in [-0.2, 0) is 20.9 Å². The van der Waals surface area contributed by atoms with Crippen molar-refractivity contribution in [2.45, 2.75) is 71.1 Å². The predicted octanol–water partition coefficient (Wildman–Crippen LogP) is 3.90. The van der Waals surface area contributed by atoms with Gasteiger partial charge in [-0.05, 0) is 90.2 Å². The number of hydrogen-bond donors (Lipinski definition) is 1. The van der Waals surface area contributed by atoms with Crippen molar-refractivity contribution in [1.82, 2.24) is 10.2 Å². The Morgan fingerprint density at radius 2 is 1.77 bits per heavy atom. The van der Waals surface area contributed by atoms with Crippen molar-refractivity contribution in [3.8, 4) is 5.75 Å². The molecule has 1 atom stereocenters. The SMILES string of the molecule is COc1ccc(COC(=O)[C@H](CCCCN2CCCC2)NC(=O)OC(C)(C)C)cc1. The first kappa shape index (κ1) is 24.0. The van der Waals surface area contributed by atoms with Gasteiger partial charge in [0.2, 0.25) is 0 Å². The summed E-state index contributed by atoms with van der Waals surface area (Å²) in [6.07, 6.45) is 4.26. The molecule has 30 heavy (non-hydrogen) atoms. The largest absolute Gasteiger partial charge is 0.497 e. The van der Waals surface area contributed by atoms with Gasteiger partial charge in [0, 0.05) is 0 Å². The van der Waals surface area contributed by atoms with Gasteiger partial charge in [-0.1, -0.05) is 12.1 Å². The lowest BCUT2D eigenvalue weighted by Crippen LogP contribution is -2.44. The molecule has 1 heterocycles. The number of nitrogens with zero attached hydrogens (tertiary/aromatic N) is 1. The quantitative estimate of drug-likeness (QED) is 0.457. The van der Waals surface area contributed by atoms with Crippen LogP contribution >= 0.6 is 0 Å². The Labute approximate surface area is 180 Å². The van der Waals surface area contributed by atoms with Gasteiger partial charge in [-0.15, -0.1) is 0 Å². The maximum absolute atomic E-state index is 12.7. The second-order valence-corrected chi connectivity index (χ2v) is 8.70. The highest BCUT2D eigenvalue weighted by Crippen LogP contribution is 2.14. The number of ether oxygens (including phenoxy) is 3. The number of rotatable bonds is 10. The van der Waals surface area contributed by atoms with Crippen LogP contribution in [0.2, 0.25) is 0 Å². The molecule has 0 unspecified atom stereocenters. The molecule has 0 radical (unpaired) electrons. The molecule has 1 aliphatic heterocycles. The third-order valence-corrected chi connectivity index (χ3v) is 4.93. The summed E-state index contributed by atoms with van der Waals surface area (Å²) in [7, 11) is 1.60. The monoisotopic (exact) mass is 420 g/mol. The summed E-state index contributed by atoms with van der Waals surface area (Å²) >= 11 is 0. The summed E-state index contributed by atoms with van der Waals surface area (Å²) in [4.78, 5) is 27.3. The summed E-state index contributed by atoms with van der Waals surface area (Å²) in [5, 5.41) is 2.69. The fourth-order valence-corrected chi connectivity index (χ4v) is 3.37. The standard InChI is InChI=1S/C23H36N2O5/c1-23(2,3)30-22(27)24-20(9-5-6-14-25-15-7-8-16-25)21(26)29-17-18-10-12-19(28-4)13-11-18/h10-13,20H,5-9,14-17H2,1-4H3,(H,24,27)/t20-/m0/s1. The zero-order valence-electron chi connectivity index (χ0n) is 18.7. The molecule has 0 spiro atoms. The molecule has 1 aliphatic rings. The molecule has 1 amide bonds. The molecule has 0 aromatic heterocycles. The van der Waals surface area contributed by atoms with Crippen molar-refractivity contribution in [3.63, 3.8) is 0 Å². The van der Waals surface area contributed by atoms with Crippen molar-refractivity contribution in [1.29, 1.82) is 0 Å². The summed E-state index contributed by atoms with van der Waals surface area (Å²) in [5.74, 6) is 0.297. The summed E-state index contributed by atoms with van der Waals surface area (Å²) < 4.78 is 15.9. The zero-order chi connectivity index (χ0) is 22.0. The highest BCUT2D eigenvalue weighted by atomic mass is 16.6. The highest BCUT2D eigenvalue weighted by molar-refractivity contribution is 5.81. The molecular weight excluding hydrogens is 384 g/mol. The summed E-state index contributed by atoms with van der Waals surface area (Å²) in [6.45, 7) is 8.86. The second-order valence-electron chi connectivity index (χ2n) is 8.70. The molecule has 7 heteroatoms. The summed E-state index contributed by atoms with van der Waals surface area (Å²) in [5.41, 5.74) is 0.228. The van der Waals surface area contributed by atoms with E-state index >= 15 is 0 Å². The Hall–Kier alpha value is -2.28. The van der Waals surface area contributed by atoms with E-state index in [-0.39, 0.29) is 6.61 Å². The predicted molar refractivity (Wildman–Crippen MR) is 115 cm³/mol. The van der Waals surface area contributed by atoms with Crippen LogP contribution in [0.5, 0.6) is 5.75 Å². The number of methoxy groups -OCH3 is 1. The van der Waals surface area contributed by atoms with Crippen LogP contribution in [0.15, 0.2) is 24.3 Å². The molecule has 0 saturated carbocycles. The number of hydrogen-bond acceptors (Lipinski definition) is 6. The molecule has 168 valence electrons. The number of benzene rings is 1. The molecular formula is C23H36N2O5. The van der Waals surface area contributed by atoms with Crippen molar-refractivity contribution >= 4 is 12.1 Å². The minimum Gasteiger partial charge on any atom is -0.497 e. The molecule has 0 aliphatic carbocycles. The lowest BCUT2D eigenvalue weighted by molar-refractivity contribution is -0.147. The van der Waals surface area contributed by atoms with E-state index in [0.29, 0.717) is 6.42 Å². The molecule has 1 saturated heterocycles. The van der Waals surface area contributed by atoms with Crippen molar-refractivity contribution in [3.05, 3.63) is 29.8 Å². The van der Waals surface area contributed by atoms with E-state index in [1.54, 1.807) is 27.9 Å². The molecule has 1 fully saturated rings. The smallest absolute Gasteiger partial charge is 0.408 e.